The molecule has 2 aromatic rings. The lowest BCUT2D eigenvalue weighted by Crippen LogP contribution is -2.23. The molecule has 0 bridgehead atoms. The van der Waals surface area contributed by atoms with Crippen LogP contribution in [0.25, 0.3) is 0 Å². The third-order valence-electron chi connectivity index (χ3n) is 3.97. The van der Waals surface area contributed by atoms with E-state index in [0.717, 1.165) is 16.6 Å². The first kappa shape index (κ1) is 15.3. The smallest absolute Gasteiger partial charge is 0.267 e. The van der Waals surface area contributed by atoms with E-state index in [1.807, 2.05) is 0 Å². The number of carbonyl (C=O) groups excluding carboxylic acids is 1. The number of hydrogen-bond donors (Lipinski definition) is 2. The molecule has 1 saturated heterocycles. The number of hydrogen-bond acceptors (Lipinski definition) is 2. The Balaban J connectivity index is 1.51. The minimum atomic E-state index is -0.0909. The van der Waals surface area contributed by atoms with E-state index in [4.69, 9.17) is 0 Å². The molecular formula is C17H20BrN3O. The highest BCUT2D eigenvalue weighted by Gasteiger charge is 2.11. The van der Waals surface area contributed by atoms with Crippen molar-refractivity contribution in [3.05, 3.63) is 57.8 Å². The summed E-state index contributed by atoms with van der Waals surface area (Å²) in [6, 6.07) is 10.3. The summed E-state index contributed by atoms with van der Waals surface area (Å²) in [5.41, 5.74) is 3.02. The van der Waals surface area contributed by atoms with Gasteiger partial charge in [0.05, 0.1) is 0 Å². The van der Waals surface area contributed by atoms with E-state index in [2.05, 4.69) is 55.4 Å². The number of nitrogens with zero attached hydrogens (tertiary/aromatic N) is 1. The van der Waals surface area contributed by atoms with Crippen LogP contribution in [-0.4, -0.2) is 28.9 Å². The molecule has 0 aliphatic carbocycles. The quantitative estimate of drug-likeness (QED) is 0.858. The Kier molecular flexibility index (Phi) is 4.95. The molecule has 1 aliphatic heterocycles. The molecule has 2 heterocycles. The van der Waals surface area contributed by atoms with Crippen molar-refractivity contribution in [1.29, 1.82) is 0 Å². The van der Waals surface area contributed by atoms with Crippen molar-refractivity contribution in [3.8, 4) is 0 Å². The van der Waals surface area contributed by atoms with Gasteiger partial charge in [0.1, 0.15) is 5.69 Å². The van der Waals surface area contributed by atoms with Crippen LogP contribution in [0, 0.1) is 0 Å². The molecule has 1 amide bonds. The lowest BCUT2D eigenvalue weighted by molar-refractivity contribution is 0.0946. The number of rotatable bonds is 5. The minimum absolute atomic E-state index is 0.0909. The van der Waals surface area contributed by atoms with Crippen LogP contribution in [0.1, 0.15) is 34.5 Å². The maximum absolute atomic E-state index is 12.0. The zero-order valence-corrected chi connectivity index (χ0v) is 14.0. The van der Waals surface area contributed by atoms with Crippen molar-refractivity contribution in [2.45, 2.75) is 25.9 Å². The van der Waals surface area contributed by atoms with Gasteiger partial charge in [0.15, 0.2) is 0 Å². The predicted octanol–water partition coefficient (Wildman–Crippen LogP) is 3.30. The van der Waals surface area contributed by atoms with Crippen molar-refractivity contribution in [2.24, 2.45) is 0 Å². The highest BCUT2D eigenvalue weighted by molar-refractivity contribution is 9.10. The molecule has 1 aromatic heterocycles. The largest absolute Gasteiger partial charge is 0.356 e. The number of H-pyrrole nitrogens is 1. The molecule has 0 unspecified atom stereocenters. The molecule has 4 nitrogen and oxygen atoms in total. The number of halogens is 1. The van der Waals surface area contributed by atoms with Gasteiger partial charge in [-0.05, 0) is 59.1 Å². The van der Waals surface area contributed by atoms with Crippen molar-refractivity contribution < 1.29 is 4.79 Å². The van der Waals surface area contributed by atoms with Gasteiger partial charge in [-0.2, -0.15) is 0 Å². The second-order valence-corrected chi connectivity index (χ2v) is 6.63. The molecule has 0 radical (unpaired) electrons. The summed E-state index contributed by atoms with van der Waals surface area (Å²) in [5, 5.41) is 2.92. The summed E-state index contributed by atoms with van der Waals surface area (Å²) in [6.45, 7) is 4.00. The van der Waals surface area contributed by atoms with Gasteiger partial charge in [0.25, 0.3) is 5.91 Å². The van der Waals surface area contributed by atoms with E-state index < -0.39 is 0 Å². The fraction of sp³-hybridized carbons (Fsp3) is 0.353. The second-order valence-electron chi connectivity index (χ2n) is 5.71. The normalized spacial score (nSPS) is 15.1. The zero-order valence-electron chi connectivity index (χ0n) is 12.4. The van der Waals surface area contributed by atoms with Crippen LogP contribution in [-0.2, 0) is 13.1 Å². The summed E-state index contributed by atoms with van der Waals surface area (Å²) in [5.74, 6) is -0.0909. The van der Waals surface area contributed by atoms with Crippen LogP contribution in [0.2, 0.25) is 0 Å². The van der Waals surface area contributed by atoms with Crippen LogP contribution in [0.3, 0.4) is 0 Å². The SMILES string of the molecule is O=C(NCc1ccc(CN2CCCC2)cc1)c1cc(Br)c[nH]1. The lowest BCUT2D eigenvalue weighted by atomic mass is 10.1. The molecule has 0 atom stereocenters. The standard InChI is InChI=1S/C17H20BrN3O/c18-15-9-16(19-11-15)17(22)20-10-13-3-5-14(6-4-13)12-21-7-1-2-8-21/h3-6,9,11,19H,1-2,7-8,10,12H2,(H,20,22). The Morgan fingerprint density at radius 1 is 1.18 bits per heavy atom. The Hall–Kier alpha value is -1.59. The number of likely N-dealkylation sites (tertiary alicyclic amines) is 1. The highest BCUT2D eigenvalue weighted by atomic mass is 79.9. The Morgan fingerprint density at radius 2 is 1.86 bits per heavy atom. The van der Waals surface area contributed by atoms with Gasteiger partial charge in [-0.3, -0.25) is 9.69 Å². The number of carbonyl (C=O) groups is 1. The number of aromatic nitrogens is 1. The number of aromatic amines is 1. The summed E-state index contributed by atoms with van der Waals surface area (Å²) in [7, 11) is 0. The second kappa shape index (κ2) is 7.11. The molecule has 1 aromatic carbocycles. The van der Waals surface area contributed by atoms with Crippen LogP contribution in [0.4, 0.5) is 0 Å². The van der Waals surface area contributed by atoms with E-state index in [9.17, 15) is 4.79 Å². The first-order valence-electron chi connectivity index (χ1n) is 7.63. The van der Waals surface area contributed by atoms with Gasteiger partial charge < -0.3 is 10.3 Å². The molecule has 3 rings (SSSR count). The molecule has 22 heavy (non-hydrogen) atoms. The summed E-state index contributed by atoms with van der Waals surface area (Å²) < 4.78 is 0.879. The van der Waals surface area contributed by atoms with Gasteiger partial charge >= 0.3 is 0 Å². The highest BCUT2D eigenvalue weighted by Crippen LogP contribution is 2.14. The number of amides is 1. The maximum atomic E-state index is 12.0. The van der Waals surface area contributed by atoms with E-state index in [0.29, 0.717) is 12.2 Å². The maximum Gasteiger partial charge on any atom is 0.267 e. The Labute approximate surface area is 139 Å². The van der Waals surface area contributed by atoms with Crippen LogP contribution in [0.15, 0.2) is 41.0 Å². The van der Waals surface area contributed by atoms with E-state index in [1.165, 1.54) is 31.5 Å². The minimum Gasteiger partial charge on any atom is -0.356 e. The van der Waals surface area contributed by atoms with Gasteiger partial charge in [0.2, 0.25) is 0 Å². The molecule has 0 saturated carbocycles. The Morgan fingerprint density at radius 3 is 2.50 bits per heavy atom. The fourth-order valence-corrected chi connectivity index (χ4v) is 3.08. The first-order valence-corrected chi connectivity index (χ1v) is 8.42. The monoisotopic (exact) mass is 361 g/mol. The van der Waals surface area contributed by atoms with Crippen LogP contribution < -0.4 is 5.32 Å². The van der Waals surface area contributed by atoms with E-state index >= 15 is 0 Å². The average molecular weight is 362 g/mol. The third-order valence-corrected chi connectivity index (χ3v) is 4.43. The fourth-order valence-electron chi connectivity index (χ4n) is 2.74. The molecule has 5 heteroatoms. The lowest BCUT2D eigenvalue weighted by Gasteiger charge is -2.14. The average Bonchev–Trinajstić information content (AvgIpc) is 3.18. The molecular weight excluding hydrogens is 342 g/mol. The summed E-state index contributed by atoms with van der Waals surface area (Å²) in [4.78, 5) is 17.4. The van der Waals surface area contributed by atoms with Crippen LogP contribution >= 0.6 is 15.9 Å². The zero-order chi connectivity index (χ0) is 15.4. The number of benzene rings is 1. The van der Waals surface area contributed by atoms with Crippen molar-refractivity contribution >= 4 is 21.8 Å². The first-order chi connectivity index (χ1) is 10.7. The molecule has 2 N–H and O–H groups in total. The van der Waals surface area contributed by atoms with Crippen molar-refractivity contribution in [1.82, 2.24) is 15.2 Å². The van der Waals surface area contributed by atoms with Gasteiger partial charge in [-0.25, -0.2) is 0 Å². The third kappa shape index (κ3) is 3.99. The summed E-state index contributed by atoms with van der Waals surface area (Å²) in [6.07, 6.45) is 4.39. The van der Waals surface area contributed by atoms with E-state index in [-0.39, 0.29) is 5.91 Å². The van der Waals surface area contributed by atoms with Gasteiger partial charge in [-0.1, -0.05) is 24.3 Å². The number of nitrogens with one attached hydrogen (secondary N) is 2. The van der Waals surface area contributed by atoms with Gasteiger partial charge in [0, 0.05) is 23.8 Å². The van der Waals surface area contributed by atoms with Crippen LogP contribution in [0.5, 0.6) is 0 Å². The van der Waals surface area contributed by atoms with E-state index in [1.54, 1.807) is 12.3 Å². The molecule has 1 fully saturated rings. The van der Waals surface area contributed by atoms with Crippen molar-refractivity contribution in [3.63, 3.8) is 0 Å². The van der Waals surface area contributed by atoms with Crippen molar-refractivity contribution in [2.75, 3.05) is 13.1 Å². The molecule has 116 valence electrons. The topological polar surface area (TPSA) is 48.1 Å². The van der Waals surface area contributed by atoms with Gasteiger partial charge in [-0.15, -0.1) is 0 Å². The predicted molar refractivity (Wildman–Crippen MR) is 90.6 cm³/mol. The molecule has 0 spiro atoms. The summed E-state index contributed by atoms with van der Waals surface area (Å²) >= 11 is 3.32. The molecule has 1 aliphatic rings. The Bertz CT molecular complexity index is 630.